The van der Waals surface area contributed by atoms with Gasteiger partial charge in [-0.2, -0.15) is 0 Å². The van der Waals surface area contributed by atoms with Crippen LogP contribution in [0.5, 0.6) is 0 Å². The van der Waals surface area contributed by atoms with E-state index >= 15 is 0 Å². The molecule has 1 fully saturated rings. The van der Waals surface area contributed by atoms with E-state index in [1.165, 1.54) is 0 Å². The van der Waals surface area contributed by atoms with Crippen molar-refractivity contribution in [1.29, 1.82) is 0 Å². The number of carbonyl (C=O) groups is 1. The maximum Gasteiger partial charge on any atom is 0.259 e. The Balaban J connectivity index is 1.56. The summed E-state index contributed by atoms with van der Waals surface area (Å²) >= 11 is 0. The molecule has 1 saturated heterocycles. The van der Waals surface area contributed by atoms with Gasteiger partial charge in [-0.15, -0.1) is 0 Å². The third-order valence-electron chi connectivity index (χ3n) is 4.76. The highest BCUT2D eigenvalue weighted by Crippen LogP contribution is 2.23. The Morgan fingerprint density at radius 3 is 2.72 bits per heavy atom. The molecule has 1 amide bonds. The lowest BCUT2D eigenvalue weighted by molar-refractivity contribution is 0.0729. The fraction of sp³-hybridized carbons (Fsp3) is 0.529. The summed E-state index contributed by atoms with van der Waals surface area (Å²) in [5.74, 6) is 1.23. The van der Waals surface area contributed by atoms with Gasteiger partial charge in [0.25, 0.3) is 5.91 Å². The topological polar surface area (TPSA) is 84.6 Å². The number of fused-ring (bicyclic) bond motifs is 1. The first-order valence-electron chi connectivity index (χ1n) is 8.53. The number of ether oxygens (including phenoxy) is 1. The molecule has 0 spiro atoms. The molecule has 0 saturated carbocycles. The van der Waals surface area contributed by atoms with Crippen LogP contribution in [0.2, 0.25) is 0 Å². The lowest BCUT2D eigenvalue weighted by Crippen LogP contribution is -2.39. The number of aromatic nitrogens is 3. The highest BCUT2D eigenvalue weighted by molar-refractivity contribution is 5.96. The fourth-order valence-corrected chi connectivity index (χ4v) is 3.33. The molecule has 2 aliphatic heterocycles. The predicted octanol–water partition coefficient (Wildman–Crippen LogP) is 1.12. The van der Waals surface area contributed by atoms with E-state index < -0.39 is 0 Å². The molecule has 2 aromatic heterocycles. The van der Waals surface area contributed by atoms with Crippen molar-refractivity contribution in [3.8, 4) is 0 Å². The van der Waals surface area contributed by atoms with E-state index in [1.807, 2.05) is 11.1 Å². The number of carbonyl (C=O) groups excluding carboxylic acids is 1. The molecule has 0 radical (unpaired) electrons. The number of rotatable bonds is 2. The Kier molecular flexibility index (Phi) is 4.12. The number of aryl methyl sites for hydroxylation is 2. The van der Waals surface area contributed by atoms with Crippen LogP contribution in [0, 0.1) is 13.8 Å². The zero-order valence-corrected chi connectivity index (χ0v) is 14.5. The summed E-state index contributed by atoms with van der Waals surface area (Å²) in [6, 6.07) is 0. The van der Waals surface area contributed by atoms with Gasteiger partial charge in [0.1, 0.15) is 11.3 Å². The molecular formula is C17H21N5O3. The number of anilines is 1. The van der Waals surface area contributed by atoms with Crippen LogP contribution in [0.1, 0.15) is 33.1 Å². The quantitative estimate of drug-likeness (QED) is 0.808. The summed E-state index contributed by atoms with van der Waals surface area (Å²) in [7, 11) is 0. The van der Waals surface area contributed by atoms with E-state index in [0.717, 1.165) is 30.8 Å². The van der Waals surface area contributed by atoms with Crippen LogP contribution in [0.25, 0.3) is 0 Å². The summed E-state index contributed by atoms with van der Waals surface area (Å²) in [4.78, 5) is 26.0. The van der Waals surface area contributed by atoms with Gasteiger partial charge < -0.3 is 19.1 Å². The second-order valence-corrected chi connectivity index (χ2v) is 6.42. The molecule has 0 aliphatic carbocycles. The second-order valence-electron chi connectivity index (χ2n) is 6.42. The predicted molar refractivity (Wildman–Crippen MR) is 89.5 cm³/mol. The number of morpholine rings is 1. The van der Waals surface area contributed by atoms with E-state index in [4.69, 9.17) is 14.2 Å². The van der Waals surface area contributed by atoms with Crippen LogP contribution in [0.4, 0.5) is 5.95 Å². The Morgan fingerprint density at radius 1 is 1.20 bits per heavy atom. The first-order valence-corrected chi connectivity index (χ1v) is 8.53. The van der Waals surface area contributed by atoms with Crippen molar-refractivity contribution in [1.82, 2.24) is 20.0 Å². The third kappa shape index (κ3) is 2.97. The maximum absolute atomic E-state index is 12.9. The highest BCUT2D eigenvalue weighted by Gasteiger charge is 2.28. The van der Waals surface area contributed by atoms with Crippen molar-refractivity contribution < 1.29 is 14.1 Å². The maximum atomic E-state index is 12.9. The van der Waals surface area contributed by atoms with Crippen LogP contribution in [-0.4, -0.2) is 58.8 Å². The average molecular weight is 343 g/mol. The lowest BCUT2D eigenvalue weighted by atomic mass is 10.1. The standard InChI is InChI=1S/C17H21N5O3/c1-11-15(12(2)25-20-11)16(23)22-4-3-13-9-18-17(19-14(13)10-22)21-5-7-24-8-6-21/h9H,3-8,10H2,1-2H3. The Morgan fingerprint density at radius 2 is 2.00 bits per heavy atom. The molecule has 0 bridgehead atoms. The minimum atomic E-state index is -0.0477. The molecule has 8 nitrogen and oxygen atoms in total. The number of nitrogens with zero attached hydrogens (tertiary/aromatic N) is 5. The minimum absolute atomic E-state index is 0.0477. The third-order valence-corrected chi connectivity index (χ3v) is 4.76. The lowest BCUT2D eigenvalue weighted by Gasteiger charge is -2.30. The monoisotopic (exact) mass is 343 g/mol. The van der Waals surface area contributed by atoms with E-state index in [-0.39, 0.29) is 5.91 Å². The molecule has 132 valence electrons. The highest BCUT2D eigenvalue weighted by atomic mass is 16.5. The molecule has 2 aliphatic rings. The second kappa shape index (κ2) is 6.44. The van der Waals surface area contributed by atoms with Gasteiger partial charge in [-0.3, -0.25) is 4.79 Å². The van der Waals surface area contributed by atoms with Crippen molar-refractivity contribution in [3.63, 3.8) is 0 Å². The van der Waals surface area contributed by atoms with Crippen LogP contribution in [0.15, 0.2) is 10.7 Å². The van der Waals surface area contributed by atoms with Crippen molar-refractivity contribution in [2.24, 2.45) is 0 Å². The Bertz CT molecular complexity index is 778. The number of hydrogen-bond acceptors (Lipinski definition) is 7. The normalized spacial score (nSPS) is 17.5. The summed E-state index contributed by atoms with van der Waals surface area (Å²) in [5.41, 5.74) is 3.22. The van der Waals surface area contributed by atoms with Crippen molar-refractivity contribution in [3.05, 3.63) is 34.5 Å². The van der Waals surface area contributed by atoms with E-state index in [2.05, 4.69) is 15.0 Å². The Hall–Kier alpha value is -2.48. The summed E-state index contributed by atoms with van der Waals surface area (Å²) < 4.78 is 10.5. The number of amides is 1. The fourth-order valence-electron chi connectivity index (χ4n) is 3.33. The zero-order valence-electron chi connectivity index (χ0n) is 14.5. The van der Waals surface area contributed by atoms with Crippen LogP contribution < -0.4 is 4.90 Å². The molecule has 8 heteroatoms. The smallest absolute Gasteiger partial charge is 0.259 e. The molecule has 4 heterocycles. The van der Waals surface area contributed by atoms with Crippen LogP contribution in [0.3, 0.4) is 0 Å². The van der Waals surface area contributed by atoms with Gasteiger partial charge in [0.15, 0.2) is 0 Å². The minimum Gasteiger partial charge on any atom is -0.378 e. The average Bonchev–Trinajstić information content (AvgIpc) is 2.99. The van der Waals surface area contributed by atoms with Gasteiger partial charge in [0, 0.05) is 25.8 Å². The van der Waals surface area contributed by atoms with Gasteiger partial charge in [-0.05, 0) is 25.8 Å². The SMILES string of the molecule is Cc1noc(C)c1C(=O)N1CCc2cnc(N3CCOCC3)nc2C1. The molecule has 25 heavy (non-hydrogen) atoms. The Labute approximate surface area is 145 Å². The molecule has 0 N–H and O–H groups in total. The van der Waals surface area contributed by atoms with Crippen LogP contribution in [-0.2, 0) is 17.7 Å². The van der Waals surface area contributed by atoms with E-state index in [0.29, 0.717) is 49.3 Å². The van der Waals surface area contributed by atoms with Gasteiger partial charge in [0.05, 0.1) is 31.1 Å². The van der Waals surface area contributed by atoms with Gasteiger partial charge in [-0.1, -0.05) is 5.16 Å². The molecule has 2 aromatic rings. The summed E-state index contributed by atoms with van der Waals surface area (Å²) in [6.07, 6.45) is 2.65. The van der Waals surface area contributed by atoms with Gasteiger partial charge in [-0.25, -0.2) is 9.97 Å². The van der Waals surface area contributed by atoms with E-state index in [9.17, 15) is 4.79 Å². The number of hydrogen-bond donors (Lipinski definition) is 0. The summed E-state index contributed by atoms with van der Waals surface area (Å²) in [6.45, 7) is 7.66. The van der Waals surface area contributed by atoms with Gasteiger partial charge >= 0.3 is 0 Å². The van der Waals surface area contributed by atoms with Crippen molar-refractivity contribution in [2.75, 3.05) is 37.7 Å². The van der Waals surface area contributed by atoms with Gasteiger partial charge in [0.2, 0.25) is 5.95 Å². The molecule has 0 aromatic carbocycles. The van der Waals surface area contributed by atoms with Crippen molar-refractivity contribution >= 4 is 11.9 Å². The largest absolute Gasteiger partial charge is 0.378 e. The molecule has 4 rings (SSSR count). The molecular weight excluding hydrogens is 322 g/mol. The van der Waals surface area contributed by atoms with Crippen LogP contribution >= 0.6 is 0 Å². The first kappa shape index (κ1) is 16.0. The van der Waals surface area contributed by atoms with E-state index in [1.54, 1.807) is 13.8 Å². The molecule has 0 atom stereocenters. The van der Waals surface area contributed by atoms with Crippen molar-refractivity contribution in [2.45, 2.75) is 26.8 Å². The first-order chi connectivity index (χ1) is 12.1. The zero-order chi connectivity index (χ0) is 17.4. The molecule has 0 unspecified atom stereocenters. The summed E-state index contributed by atoms with van der Waals surface area (Å²) in [5, 5.41) is 3.89.